The van der Waals surface area contributed by atoms with Gasteiger partial charge in [0.2, 0.25) is 11.8 Å². The van der Waals surface area contributed by atoms with E-state index in [2.05, 4.69) is 22.5 Å². The molecule has 3 heterocycles. The van der Waals surface area contributed by atoms with Gasteiger partial charge < -0.3 is 15.0 Å². The molecule has 1 atom stereocenters. The summed E-state index contributed by atoms with van der Waals surface area (Å²) in [6.07, 6.45) is 3.70. The van der Waals surface area contributed by atoms with E-state index in [0.29, 0.717) is 45.2 Å². The standard InChI is InChI=1S/C27H38N4O3/c1-20-17-22(3)31(29-20)19-21(2)28-25(32)18-23-9-13-30(14-10-23)26(33)27(11-15-34-16-12-27)24-7-5-4-6-8-24/h4-8,17,21,23H,9-16,18-19H2,1-3H3,(H,28,32). The lowest BCUT2D eigenvalue weighted by molar-refractivity contribution is -0.143. The van der Waals surface area contributed by atoms with E-state index < -0.39 is 5.41 Å². The molecule has 0 radical (unpaired) electrons. The molecule has 7 heteroatoms. The monoisotopic (exact) mass is 466 g/mol. The van der Waals surface area contributed by atoms with Gasteiger partial charge in [-0.15, -0.1) is 0 Å². The van der Waals surface area contributed by atoms with Crippen LogP contribution in [0.15, 0.2) is 36.4 Å². The lowest BCUT2D eigenvalue weighted by atomic mass is 9.72. The SMILES string of the molecule is Cc1cc(C)n(CC(C)NC(=O)CC2CCN(C(=O)C3(c4ccccc4)CCOCC3)CC2)n1. The zero-order valence-electron chi connectivity index (χ0n) is 20.8. The highest BCUT2D eigenvalue weighted by molar-refractivity contribution is 5.88. The van der Waals surface area contributed by atoms with Crippen LogP contribution in [0.1, 0.15) is 56.0 Å². The predicted octanol–water partition coefficient (Wildman–Crippen LogP) is 3.38. The molecule has 2 fully saturated rings. The van der Waals surface area contributed by atoms with Gasteiger partial charge in [0.15, 0.2) is 0 Å². The van der Waals surface area contributed by atoms with Gasteiger partial charge in [-0.25, -0.2) is 0 Å². The Kier molecular flexibility index (Phi) is 7.71. The van der Waals surface area contributed by atoms with Crippen LogP contribution >= 0.6 is 0 Å². The van der Waals surface area contributed by atoms with Gasteiger partial charge in [0.05, 0.1) is 17.7 Å². The molecule has 0 aliphatic carbocycles. The zero-order chi connectivity index (χ0) is 24.1. The second-order valence-corrected chi connectivity index (χ2v) is 10.1. The van der Waals surface area contributed by atoms with E-state index in [1.54, 1.807) is 0 Å². The number of hydrogen-bond acceptors (Lipinski definition) is 4. The summed E-state index contributed by atoms with van der Waals surface area (Å²) >= 11 is 0. The summed E-state index contributed by atoms with van der Waals surface area (Å²) in [4.78, 5) is 28.4. The molecule has 0 spiro atoms. The number of carbonyl (C=O) groups is 2. The van der Waals surface area contributed by atoms with E-state index in [4.69, 9.17) is 4.74 Å². The highest BCUT2D eigenvalue weighted by Crippen LogP contribution is 2.38. The first-order valence-electron chi connectivity index (χ1n) is 12.6. The fourth-order valence-electron chi connectivity index (χ4n) is 5.51. The first-order chi connectivity index (χ1) is 16.4. The number of aromatic nitrogens is 2. The van der Waals surface area contributed by atoms with E-state index in [9.17, 15) is 9.59 Å². The third kappa shape index (κ3) is 5.52. The molecule has 2 aliphatic rings. The van der Waals surface area contributed by atoms with Gasteiger partial charge in [0.25, 0.3) is 0 Å². The summed E-state index contributed by atoms with van der Waals surface area (Å²) in [6.45, 7) is 9.37. The molecular weight excluding hydrogens is 428 g/mol. The summed E-state index contributed by atoms with van der Waals surface area (Å²) in [7, 11) is 0. The number of nitrogens with one attached hydrogen (secondary N) is 1. The van der Waals surface area contributed by atoms with E-state index in [1.807, 2.05) is 54.6 Å². The van der Waals surface area contributed by atoms with Crippen LogP contribution in [0, 0.1) is 19.8 Å². The maximum absolute atomic E-state index is 13.7. The number of likely N-dealkylation sites (tertiary alicyclic amines) is 1. The minimum atomic E-state index is -0.484. The lowest BCUT2D eigenvalue weighted by Crippen LogP contribution is -2.52. The van der Waals surface area contributed by atoms with Crippen molar-refractivity contribution in [3.63, 3.8) is 0 Å². The lowest BCUT2D eigenvalue weighted by Gasteiger charge is -2.42. The summed E-state index contributed by atoms with van der Waals surface area (Å²) in [5.74, 6) is 0.625. The van der Waals surface area contributed by atoms with Gasteiger partial charge in [-0.1, -0.05) is 30.3 Å². The molecule has 2 amide bonds. The molecule has 1 aromatic carbocycles. The molecule has 184 valence electrons. The Morgan fingerprint density at radius 2 is 1.82 bits per heavy atom. The van der Waals surface area contributed by atoms with Gasteiger partial charge in [0, 0.05) is 44.5 Å². The molecule has 2 aliphatic heterocycles. The summed E-state index contributed by atoms with van der Waals surface area (Å²) in [5, 5.41) is 7.62. The molecule has 1 N–H and O–H groups in total. The second-order valence-electron chi connectivity index (χ2n) is 10.1. The number of carbonyl (C=O) groups excluding carboxylic acids is 2. The molecule has 4 rings (SSSR count). The Morgan fingerprint density at radius 1 is 1.15 bits per heavy atom. The zero-order valence-corrected chi connectivity index (χ0v) is 20.8. The maximum Gasteiger partial charge on any atom is 0.233 e. The summed E-state index contributed by atoms with van der Waals surface area (Å²) in [6, 6.07) is 12.2. The second kappa shape index (κ2) is 10.7. The summed E-state index contributed by atoms with van der Waals surface area (Å²) < 4.78 is 7.55. The van der Waals surface area contributed by atoms with E-state index in [1.165, 1.54) is 0 Å². The average molecular weight is 467 g/mol. The number of piperidine rings is 1. The Labute approximate surface area is 202 Å². The Bertz CT molecular complexity index is 973. The third-order valence-electron chi connectivity index (χ3n) is 7.42. The normalized spacial score (nSPS) is 19.6. The molecular formula is C27H38N4O3. The molecule has 1 unspecified atom stereocenters. The maximum atomic E-state index is 13.7. The third-order valence-corrected chi connectivity index (χ3v) is 7.42. The average Bonchev–Trinajstić information content (AvgIpc) is 3.16. The molecule has 1 aromatic heterocycles. The number of hydrogen-bond donors (Lipinski definition) is 1. The number of ether oxygens (including phenoxy) is 1. The molecule has 0 bridgehead atoms. The highest BCUT2D eigenvalue weighted by atomic mass is 16.5. The first-order valence-corrected chi connectivity index (χ1v) is 12.6. The smallest absolute Gasteiger partial charge is 0.233 e. The fourth-order valence-corrected chi connectivity index (χ4v) is 5.51. The van der Waals surface area contributed by atoms with E-state index >= 15 is 0 Å². The number of aryl methyl sites for hydroxylation is 2. The van der Waals surface area contributed by atoms with Gasteiger partial charge in [-0.3, -0.25) is 14.3 Å². The molecule has 2 saturated heterocycles. The number of amides is 2. The van der Waals surface area contributed by atoms with Crippen LogP contribution in [0.4, 0.5) is 0 Å². The van der Waals surface area contributed by atoms with Crippen LogP contribution in [0.2, 0.25) is 0 Å². The number of rotatable bonds is 7. The van der Waals surface area contributed by atoms with E-state index in [0.717, 1.165) is 42.6 Å². The summed E-state index contributed by atoms with van der Waals surface area (Å²) in [5.41, 5.74) is 2.71. The van der Waals surface area contributed by atoms with Gasteiger partial charge in [0.1, 0.15) is 0 Å². The minimum Gasteiger partial charge on any atom is -0.381 e. The number of nitrogens with zero attached hydrogens (tertiary/aromatic N) is 3. The number of benzene rings is 1. The quantitative estimate of drug-likeness (QED) is 0.679. The Hall–Kier alpha value is -2.67. The van der Waals surface area contributed by atoms with Crippen molar-refractivity contribution in [1.82, 2.24) is 20.0 Å². The molecule has 0 saturated carbocycles. The fraction of sp³-hybridized carbons (Fsp3) is 0.593. The van der Waals surface area contributed by atoms with Crippen LogP contribution in [0.3, 0.4) is 0 Å². The highest BCUT2D eigenvalue weighted by Gasteiger charge is 2.44. The van der Waals surface area contributed by atoms with Crippen molar-refractivity contribution >= 4 is 11.8 Å². The Balaban J connectivity index is 1.29. The van der Waals surface area contributed by atoms with Crippen molar-refractivity contribution in [2.45, 2.75) is 70.9 Å². The topological polar surface area (TPSA) is 76.5 Å². The van der Waals surface area contributed by atoms with Crippen molar-refractivity contribution < 1.29 is 14.3 Å². The van der Waals surface area contributed by atoms with Crippen LogP contribution in [0.25, 0.3) is 0 Å². The first kappa shape index (κ1) is 24.5. The van der Waals surface area contributed by atoms with Crippen molar-refractivity contribution in [1.29, 1.82) is 0 Å². The molecule has 34 heavy (non-hydrogen) atoms. The van der Waals surface area contributed by atoms with Gasteiger partial charge >= 0.3 is 0 Å². The van der Waals surface area contributed by atoms with Crippen molar-refractivity contribution in [2.75, 3.05) is 26.3 Å². The van der Waals surface area contributed by atoms with Crippen LogP contribution in [0.5, 0.6) is 0 Å². The van der Waals surface area contributed by atoms with Crippen LogP contribution < -0.4 is 5.32 Å². The van der Waals surface area contributed by atoms with Crippen LogP contribution in [-0.2, 0) is 26.3 Å². The van der Waals surface area contributed by atoms with Gasteiger partial charge in [-0.2, -0.15) is 5.10 Å². The van der Waals surface area contributed by atoms with Crippen molar-refractivity contribution in [3.05, 3.63) is 53.3 Å². The predicted molar refractivity (Wildman–Crippen MR) is 131 cm³/mol. The van der Waals surface area contributed by atoms with E-state index in [-0.39, 0.29) is 17.9 Å². The largest absolute Gasteiger partial charge is 0.381 e. The van der Waals surface area contributed by atoms with Crippen LogP contribution in [-0.4, -0.2) is 58.8 Å². The van der Waals surface area contributed by atoms with Crippen molar-refractivity contribution in [2.24, 2.45) is 5.92 Å². The molecule has 2 aromatic rings. The molecule has 7 nitrogen and oxygen atoms in total. The van der Waals surface area contributed by atoms with Gasteiger partial charge in [-0.05, 0) is 64.0 Å². The Morgan fingerprint density at radius 3 is 2.44 bits per heavy atom. The minimum absolute atomic E-state index is 0.0198. The van der Waals surface area contributed by atoms with Crippen molar-refractivity contribution in [3.8, 4) is 0 Å².